The molecule has 11 heavy (non-hydrogen) atoms. The van der Waals surface area contributed by atoms with Crippen LogP contribution in [-0.2, 0) is 4.79 Å². The first-order valence-corrected chi connectivity index (χ1v) is 1.87. The molecule has 0 amide bonds. The molecular weight excluding hydrogens is 186 g/mol. The minimum Gasteiger partial charge on any atom is -0.477 e. The summed E-state index contributed by atoms with van der Waals surface area (Å²) in [5.74, 6) is -8.84. The van der Waals surface area contributed by atoms with E-state index in [0.717, 1.165) is 0 Å². The first-order valence-electron chi connectivity index (χ1n) is 1.87. The van der Waals surface area contributed by atoms with E-state index in [0.29, 0.717) is 0 Å². The van der Waals surface area contributed by atoms with Crippen molar-refractivity contribution in [2.45, 2.75) is 12.1 Å². The monoisotopic (exact) mass is 189 g/mol. The average Bonchev–Trinajstić information content (AvgIpc) is 1.62. The minimum atomic E-state index is -6.02. The summed E-state index contributed by atoms with van der Waals surface area (Å²) in [5, 5.41) is 7.31. The molecule has 0 aliphatic carbocycles. The van der Waals surface area contributed by atoms with Gasteiger partial charge in [-0.1, -0.05) is 0 Å². The Morgan fingerprint density at radius 3 is 1.45 bits per heavy atom. The first kappa shape index (κ1) is 13.7. The van der Waals surface area contributed by atoms with Crippen LogP contribution in [0.3, 0.4) is 0 Å². The standard InChI is InChI=1S/C3HF5O2.Na.H2/c4-2(5,1(9)10)3(6,7)8;;/h(H,9,10);;1H. The van der Waals surface area contributed by atoms with Crippen LogP contribution >= 0.6 is 0 Å². The molecule has 0 aromatic rings. The van der Waals surface area contributed by atoms with Crippen molar-refractivity contribution in [2.24, 2.45) is 0 Å². The number of hydrogen-bond acceptors (Lipinski definition) is 1. The van der Waals surface area contributed by atoms with Gasteiger partial charge >= 0.3 is 18.1 Å². The largest absolute Gasteiger partial charge is 0.477 e. The van der Waals surface area contributed by atoms with Gasteiger partial charge < -0.3 is 5.11 Å². The van der Waals surface area contributed by atoms with Gasteiger partial charge in [-0.25, -0.2) is 4.79 Å². The van der Waals surface area contributed by atoms with Crippen LogP contribution < -0.4 is 0 Å². The Bertz CT molecular complexity index is 157. The quantitative estimate of drug-likeness (QED) is 0.496. The van der Waals surface area contributed by atoms with Crippen molar-refractivity contribution in [2.75, 3.05) is 0 Å². The van der Waals surface area contributed by atoms with Crippen LogP contribution in [0.25, 0.3) is 0 Å². The van der Waals surface area contributed by atoms with Gasteiger partial charge in [0.25, 0.3) is 0 Å². The molecule has 0 saturated heterocycles. The molecule has 0 aromatic heterocycles. The van der Waals surface area contributed by atoms with E-state index < -0.39 is 18.1 Å². The Morgan fingerprint density at radius 1 is 1.18 bits per heavy atom. The normalized spacial score (nSPS) is 12.1. The molecule has 0 aliphatic rings. The average molecular weight is 189 g/mol. The molecule has 0 spiro atoms. The van der Waals surface area contributed by atoms with Crippen molar-refractivity contribution in [3.63, 3.8) is 0 Å². The van der Waals surface area contributed by atoms with Crippen molar-refractivity contribution in [1.29, 1.82) is 0 Å². The second-order valence-electron chi connectivity index (χ2n) is 1.38. The summed E-state index contributed by atoms with van der Waals surface area (Å²) < 4.78 is 55.5. The number of carboxylic acid groups (broad SMARTS) is 1. The van der Waals surface area contributed by atoms with E-state index in [4.69, 9.17) is 5.11 Å². The van der Waals surface area contributed by atoms with Crippen molar-refractivity contribution in [1.82, 2.24) is 0 Å². The molecule has 8 heteroatoms. The molecule has 0 rings (SSSR count). The zero-order chi connectivity index (χ0) is 8.58. The maximum absolute atomic E-state index is 11.3. The van der Waals surface area contributed by atoms with Gasteiger partial charge in [-0.15, -0.1) is 0 Å². The maximum Gasteiger partial charge on any atom is 0.465 e. The van der Waals surface area contributed by atoms with E-state index in [9.17, 15) is 26.7 Å². The molecule has 0 bridgehead atoms. The predicted octanol–water partition coefficient (Wildman–Crippen LogP) is 1.13. The summed E-state index contributed by atoms with van der Waals surface area (Å²) >= 11 is 0. The smallest absolute Gasteiger partial charge is 0.465 e. The Morgan fingerprint density at radius 2 is 1.45 bits per heavy atom. The van der Waals surface area contributed by atoms with Gasteiger partial charge in [-0.05, 0) is 0 Å². The third-order valence-electron chi connectivity index (χ3n) is 0.625. The van der Waals surface area contributed by atoms with E-state index in [1.165, 1.54) is 0 Å². The fraction of sp³-hybridized carbons (Fsp3) is 0.667. The Kier molecular flexibility index (Phi) is 4.58. The van der Waals surface area contributed by atoms with E-state index in [-0.39, 0.29) is 31.0 Å². The predicted molar refractivity (Wildman–Crippen MR) is 26.5 cm³/mol. The Labute approximate surface area is 81.2 Å². The molecule has 63 valence electrons. The van der Waals surface area contributed by atoms with Crippen LogP contribution in [0.1, 0.15) is 1.43 Å². The third kappa shape index (κ3) is 2.92. The van der Waals surface area contributed by atoms with Gasteiger partial charge in [0.2, 0.25) is 0 Å². The summed E-state index contributed by atoms with van der Waals surface area (Å²) in [4.78, 5) is 9.20. The molecule has 2 nitrogen and oxygen atoms in total. The fourth-order valence-corrected chi connectivity index (χ4v) is 0.121. The molecule has 0 heterocycles. The van der Waals surface area contributed by atoms with Gasteiger partial charge in [-0.2, -0.15) is 22.0 Å². The summed E-state index contributed by atoms with van der Waals surface area (Å²) in [6.45, 7) is 0. The zero-order valence-electron chi connectivity index (χ0n) is 5.25. The molecule has 0 aromatic carbocycles. The van der Waals surface area contributed by atoms with Gasteiger partial charge in [0.05, 0.1) is 0 Å². The van der Waals surface area contributed by atoms with Crippen molar-refractivity contribution >= 4 is 35.5 Å². The third-order valence-corrected chi connectivity index (χ3v) is 0.625. The van der Waals surface area contributed by atoms with Gasteiger partial charge in [0, 0.05) is 31.0 Å². The summed E-state index contributed by atoms with van der Waals surface area (Å²) in [6.07, 6.45) is -6.02. The van der Waals surface area contributed by atoms with E-state index in [2.05, 4.69) is 0 Å². The summed E-state index contributed by atoms with van der Waals surface area (Å²) in [6, 6.07) is 0. The van der Waals surface area contributed by atoms with Crippen molar-refractivity contribution in [3.05, 3.63) is 0 Å². The van der Waals surface area contributed by atoms with Gasteiger partial charge in [0.15, 0.2) is 0 Å². The van der Waals surface area contributed by atoms with Crippen LogP contribution in [-0.4, -0.2) is 52.7 Å². The number of alkyl halides is 5. The van der Waals surface area contributed by atoms with Gasteiger partial charge in [-0.3, -0.25) is 0 Å². The van der Waals surface area contributed by atoms with E-state index >= 15 is 0 Å². The number of carbonyl (C=O) groups is 1. The second kappa shape index (κ2) is 3.68. The molecule has 0 fully saturated rings. The van der Waals surface area contributed by atoms with Gasteiger partial charge in [0.1, 0.15) is 0 Å². The van der Waals surface area contributed by atoms with Crippen LogP contribution in [0.4, 0.5) is 22.0 Å². The topological polar surface area (TPSA) is 37.3 Å². The number of halogens is 5. The molecular formula is C3H3F5NaO2. The van der Waals surface area contributed by atoms with Crippen molar-refractivity contribution in [3.8, 4) is 0 Å². The molecule has 0 saturated carbocycles. The number of carboxylic acids is 1. The van der Waals surface area contributed by atoms with E-state index in [1.807, 2.05) is 0 Å². The SMILES string of the molecule is O=C(O)C(F)(F)C(F)(F)F.[HH].[Na]. The van der Waals surface area contributed by atoms with Crippen molar-refractivity contribution < 1.29 is 33.3 Å². The van der Waals surface area contributed by atoms with Crippen LogP contribution in [0.5, 0.6) is 0 Å². The molecule has 1 N–H and O–H groups in total. The summed E-state index contributed by atoms with van der Waals surface area (Å²) in [7, 11) is 0. The van der Waals surface area contributed by atoms with Crippen LogP contribution in [0.15, 0.2) is 0 Å². The van der Waals surface area contributed by atoms with E-state index in [1.54, 1.807) is 0 Å². The molecule has 0 atom stereocenters. The minimum absolute atomic E-state index is 0. The Balaban J connectivity index is -0.000000405. The maximum atomic E-state index is 11.3. The first-order chi connectivity index (χ1) is 4.19. The second-order valence-corrected chi connectivity index (χ2v) is 1.38. The number of aliphatic carboxylic acids is 1. The Hall–Kier alpha value is 0.120. The fourth-order valence-electron chi connectivity index (χ4n) is 0.121. The van der Waals surface area contributed by atoms with Crippen LogP contribution in [0.2, 0.25) is 0 Å². The molecule has 0 aliphatic heterocycles. The number of rotatable bonds is 1. The summed E-state index contributed by atoms with van der Waals surface area (Å²) in [5.41, 5.74) is 0. The van der Waals surface area contributed by atoms with Crippen LogP contribution in [0, 0.1) is 0 Å². The molecule has 0 unspecified atom stereocenters. The number of hydrogen-bond donors (Lipinski definition) is 1. The zero-order valence-corrected chi connectivity index (χ0v) is 7.25. The molecule has 1 radical (unpaired) electrons.